The fourth-order valence-corrected chi connectivity index (χ4v) is 6.37. The Balaban J connectivity index is 1.32. The highest BCUT2D eigenvalue weighted by Crippen LogP contribution is 2.45. The number of rotatable bonds is 5. The highest BCUT2D eigenvalue weighted by atomic mass is 16.4. The van der Waals surface area contributed by atoms with E-state index in [9.17, 15) is 14.4 Å². The van der Waals surface area contributed by atoms with Crippen molar-refractivity contribution >= 4 is 28.8 Å². The fourth-order valence-electron chi connectivity index (χ4n) is 6.37. The number of hydrogen-bond donors (Lipinski definition) is 3. The lowest BCUT2D eigenvalue weighted by atomic mass is 9.70. The van der Waals surface area contributed by atoms with Crippen LogP contribution in [0.25, 0.3) is 10.9 Å². The second-order valence-electron chi connectivity index (χ2n) is 10.2. The topological polar surface area (TPSA) is 102 Å². The maximum absolute atomic E-state index is 13.5. The maximum atomic E-state index is 13.5. The highest BCUT2D eigenvalue weighted by molar-refractivity contribution is 5.92. The van der Waals surface area contributed by atoms with Crippen LogP contribution in [-0.2, 0) is 9.59 Å². The van der Waals surface area contributed by atoms with Crippen molar-refractivity contribution in [2.45, 2.75) is 76.2 Å². The summed E-state index contributed by atoms with van der Waals surface area (Å²) < 4.78 is 0. The first kappa shape index (κ1) is 22.0. The van der Waals surface area contributed by atoms with Crippen molar-refractivity contribution in [3.63, 3.8) is 0 Å². The molecule has 1 aliphatic heterocycles. The molecule has 2 saturated carbocycles. The van der Waals surface area contributed by atoms with Crippen molar-refractivity contribution in [2.75, 3.05) is 6.54 Å². The second-order valence-corrected chi connectivity index (χ2v) is 10.2. The molecule has 2 heterocycles. The zero-order valence-corrected chi connectivity index (χ0v) is 19.2. The minimum absolute atomic E-state index is 0.0294. The lowest BCUT2D eigenvalue weighted by molar-refractivity contribution is -0.142. The molecule has 1 aromatic heterocycles. The summed E-state index contributed by atoms with van der Waals surface area (Å²) in [5.74, 6) is 0.190. The van der Waals surface area contributed by atoms with Gasteiger partial charge in [0.2, 0.25) is 11.8 Å². The number of fused-ring (bicyclic) bond motifs is 2. The minimum Gasteiger partial charge on any atom is -0.465 e. The van der Waals surface area contributed by atoms with Gasteiger partial charge in [0.1, 0.15) is 0 Å². The van der Waals surface area contributed by atoms with E-state index in [0.29, 0.717) is 18.8 Å². The first-order valence-corrected chi connectivity index (χ1v) is 12.4. The van der Waals surface area contributed by atoms with E-state index in [4.69, 9.17) is 5.11 Å². The van der Waals surface area contributed by atoms with Crippen molar-refractivity contribution in [1.29, 1.82) is 0 Å². The van der Waals surface area contributed by atoms with Crippen LogP contribution in [0.2, 0.25) is 0 Å². The van der Waals surface area contributed by atoms with Crippen molar-refractivity contribution in [2.24, 2.45) is 11.8 Å². The standard InChI is InChI=1S/C26H33N3O4/c1-15(20-14-27-21-8-2-5-17(24(20)21)16-10-11-16)13-23(30)29-12-4-7-18-19(6-3-9-22(18)29)25(31)28-26(32)33/h2,5,8,14-16,18-19,22,27H,3-4,6-7,9-13H2,1H3,(H,28,31)(H,32,33). The highest BCUT2D eigenvalue weighted by Gasteiger charge is 2.43. The Morgan fingerprint density at radius 1 is 1.15 bits per heavy atom. The molecule has 3 N–H and O–H groups in total. The average Bonchev–Trinajstić information content (AvgIpc) is 3.55. The van der Waals surface area contributed by atoms with Crippen molar-refractivity contribution in [3.05, 3.63) is 35.5 Å². The molecule has 7 heteroatoms. The summed E-state index contributed by atoms with van der Waals surface area (Å²) >= 11 is 0. The van der Waals surface area contributed by atoms with Gasteiger partial charge in [-0.25, -0.2) is 4.79 Å². The first-order valence-electron chi connectivity index (χ1n) is 12.4. The van der Waals surface area contributed by atoms with E-state index in [1.807, 2.05) is 10.2 Å². The largest absolute Gasteiger partial charge is 0.465 e. The molecular formula is C26H33N3O4. The molecule has 4 unspecified atom stereocenters. The summed E-state index contributed by atoms with van der Waals surface area (Å²) in [7, 11) is 0. The molecule has 3 aliphatic rings. The van der Waals surface area contributed by atoms with Crippen molar-refractivity contribution in [3.8, 4) is 0 Å². The summed E-state index contributed by atoms with van der Waals surface area (Å²) in [5.41, 5.74) is 3.77. The third-order valence-corrected chi connectivity index (χ3v) is 8.05. The quantitative estimate of drug-likeness (QED) is 0.611. The average molecular weight is 452 g/mol. The molecule has 5 rings (SSSR count). The molecule has 1 saturated heterocycles. The van der Waals surface area contributed by atoms with E-state index < -0.39 is 12.0 Å². The number of H-pyrrole nitrogens is 1. The number of piperidine rings is 1. The normalized spacial score (nSPS) is 26.0. The van der Waals surface area contributed by atoms with E-state index in [1.165, 1.54) is 29.4 Å². The number of benzene rings is 1. The number of nitrogens with zero attached hydrogens (tertiary/aromatic N) is 1. The number of carboxylic acid groups (broad SMARTS) is 1. The molecule has 2 aromatic rings. The predicted molar refractivity (Wildman–Crippen MR) is 125 cm³/mol. The third kappa shape index (κ3) is 4.25. The minimum atomic E-state index is -1.30. The zero-order valence-electron chi connectivity index (χ0n) is 19.2. The number of aromatic nitrogens is 1. The maximum Gasteiger partial charge on any atom is 0.411 e. The molecule has 0 radical (unpaired) electrons. The van der Waals surface area contributed by atoms with E-state index in [-0.39, 0.29) is 29.7 Å². The van der Waals surface area contributed by atoms with Gasteiger partial charge in [0.05, 0.1) is 0 Å². The molecule has 0 spiro atoms. The van der Waals surface area contributed by atoms with E-state index in [2.05, 4.69) is 36.3 Å². The second kappa shape index (κ2) is 8.84. The fraction of sp³-hybridized carbons (Fsp3) is 0.577. The monoisotopic (exact) mass is 451 g/mol. The SMILES string of the molecule is CC(CC(=O)N1CCCC2C(C(=O)NC(=O)O)CCCC21)c1c[nH]c2cccc(C3CC3)c12. The number of carbonyl (C=O) groups is 3. The Bertz CT molecular complexity index is 1070. The van der Waals surface area contributed by atoms with E-state index in [1.54, 1.807) is 0 Å². The van der Waals surface area contributed by atoms with Crippen LogP contribution in [0, 0.1) is 11.8 Å². The molecule has 176 valence electrons. The van der Waals surface area contributed by atoms with Gasteiger partial charge in [-0.1, -0.05) is 25.5 Å². The smallest absolute Gasteiger partial charge is 0.411 e. The molecule has 1 aromatic carbocycles. The Kier molecular flexibility index (Phi) is 5.89. The van der Waals surface area contributed by atoms with Gasteiger partial charge in [0, 0.05) is 42.0 Å². The number of amides is 3. The van der Waals surface area contributed by atoms with Gasteiger partial charge in [0.15, 0.2) is 0 Å². The van der Waals surface area contributed by atoms with Gasteiger partial charge in [-0.05, 0) is 73.5 Å². The van der Waals surface area contributed by atoms with E-state index in [0.717, 1.165) is 37.7 Å². The van der Waals surface area contributed by atoms with Gasteiger partial charge in [-0.15, -0.1) is 0 Å². The van der Waals surface area contributed by atoms with Gasteiger partial charge >= 0.3 is 6.09 Å². The van der Waals surface area contributed by atoms with Crippen LogP contribution < -0.4 is 5.32 Å². The van der Waals surface area contributed by atoms with Crippen LogP contribution in [0.4, 0.5) is 4.79 Å². The van der Waals surface area contributed by atoms with E-state index >= 15 is 0 Å². The summed E-state index contributed by atoms with van der Waals surface area (Å²) in [4.78, 5) is 42.4. The summed E-state index contributed by atoms with van der Waals surface area (Å²) in [6.45, 7) is 2.86. The van der Waals surface area contributed by atoms with Gasteiger partial charge in [-0.3, -0.25) is 14.9 Å². The summed E-state index contributed by atoms with van der Waals surface area (Å²) in [6.07, 6.45) is 7.84. The van der Waals surface area contributed by atoms with Crippen LogP contribution in [-0.4, -0.2) is 45.5 Å². The van der Waals surface area contributed by atoms with Crippen LogP contribution in [0.1, 0.15) is 81.3 Å². The lowest BCUT2D eigenvalue weighted by Crippen LogP contribution is -2.54. The van der Waals surface area contributed by atoms with Crippen LogP contribution in [0.15, 0.2) is 24.4 Å². The first-order chi connectivity index (χ1) is 15.9. The predicted octanol–water partition coefficient (Wildman–Crippen LogP) is 4.74. The number of imide groups is 1. The number of hydrogen-bond acceptors (Lipinski definition) is 3. The number of nitrogens with one attached hydrogen (secondary N) is 2. The molecule has 7 nitrogen and oxygen atoms in total. The van der Waals surface area contributed by atoms with Gasteiger partial charge < -0.3 is 15.0 Å². The zero-order chi connectivity index (χ0) is 23.1. The Labute approximate surface area is 193 Å². The van der Waals surface area contributed by atoms with Gasteiger partial charge in [0.25, 0.3) is 0 Å². The Morgan fingerprint density at radius 3 is 2.73 bits per heavy atom. The van der Waals surface area contributed by atoms with Gasteiger partial charge in [-0.2, -0.15) is 0 Å². The number of aromatic amines is 1. The third-order valence-electron chi connectivity index (χ3n) is 8.05. The van der Waals surface area contributed by atoms with Crippen molar-refractivity contribution in [1.82, 2.24) is 15.2 Å². The molecule has 33 heavy (non-hydrogen) atoms. The molecule has 4 atom stereocenters. The summed E-state index contributed by atoms with van der Waals surface area (Å²) in [5, 5.41) is 12.3. The Hall–Kier alpha value is -2.83. The molecule has 2 aliphatic carbocycles. The summed E-state index contributed by atoms with van der Waals surface area (Å²) in [6, 6.07) is 6.48. The van der Waals surface area contributed by atoms with Crippen LogP contribution in [0.3, 0.4) is 0 Å². The Morgan fingerprint density at radius 2 is 1.97 bits per heavy atom. The molecule has 3 fully saturated rings. The van der Waals surface area contributed by atoms with Crippen molar-refractivity contribution < 1.29 is 19.5 Å². The number of carbonyl (C=O) groups excluding carboxylic acids is 2. The number of likely N-dealkylation sites (tertiary alicyclic amines) is 1. The molecule has 0 bridgehead atoms. The van der Waals surface area contributed by atoms with Crippen LogP contribution >= 0.6 is 0 Å². The van der Waals surface area contributed by atoms with Crippen LogP contribution in [0.5, 0.6) is 0 Å². The molecular weight excluding hydrogens is 418 g/mol. The lowest BCUT2D eigenvalue weighted by Gasteiger charge is -2.47. The molecule has 3 amide bonds.